The molecule has 0 aromatic carbocycles. The summed E-state index contributed by atoms with van der Waals surface area (Å²) < 4.78 is 57.0. The first-order chi connectivity index (χ1) is 10.2. The van der Waals surface area contributed by atoms with Crippen molar-refractivity contribution >= 4 is 26.2 Å². The van der Waals surface area contributed by atoms with E-state index >= 15 is 0 Å². The van der Waals surface area contributed by atoms with Gasteiger partial charge in [0.05, 0.1) is 25.2 Å². The highest BCUT2D eigenvalue weighted by Gasteiger charge is 2.36. The number of nitrogens with zero attached hydrogens (tertiary/aromatic N) is 2. The number of ether oxygens (including phenoxy) is 1. The molecule has 0 aromatic rings. The van der Waals surface area contributed by atoms with Gasteiger partial charge in [0.25, 0.3) is 10.1 Å². The summed E-state index contributed by atoms with van der Waals surface area (Å²) in [5.74, 6) is 0. The van der Waals surface area contributed by atoms with Gasteiger partial charge in [-0.15, -0.1) is 0 Å². The Morgan fingerprint density at radius 2 is 1.70 bits per heavy atom. The van der Waals surface area contributed by atoms with Crippen LogP contribution in [0.25, 0.3) is 0 Å². The molecular formula is C12H24N2O7S2. The van der Waals surface area contributed by atoms with E-state index < -0.39 is 37.9 Å². The molecule has 0 N–H and O–H groups in total. The van der Waals surface area contributed by atoms with Crippen molar-refractivity contribution in [2.24, 2.45) is 0 Å². The first-order valence-electron chi connectivity index (χ1n) is 6.98. The van der Waals surface area contributed by atoms with E-state index in [-0.39, 0.29) is 26.2 Å². The van der Waals surface area contributed by atoms with E-state index in [1.807, 2.05) is 0 Å². The molecule has 1 saturated heterocycles. The van der Waals surface area contributed by atoms with Crippen molar-refractivity contribution in [2.45, 2.75) is 32.4 Å². The molecule has 11 heteroatoms. The molecule has 0 spiro atoms. The molecule has 0 bridgehead atoms. The SMILES string of the molecule is CC(C)(C)OC(=O)N1CCN(S(C)(=O)=O)C(COS(C)(=O)=O)C1. The number of carbonyl (C=O) groups is 1. The fourth-order valence-electron chi connectivity index (χ4n) is 2.11. The molecule has 9 nitrogen and oxygen atoms in total. The maximum atomic E-state index is 12.1. The minimum atomic E-state index is -3.72. The monoisotopic (exact) mass is 372 g/mol. The third-order valence-corrected chi connectivity index (χ3v) is 4.88. The van der Waals surface area contributed by atoms with Crippen LogP contribution in [0.2, 0.25) is 0 Å². The minimum absolute atomic E-state index is 0.00248. The van der Waals surface area contributed by atoms with Gasteiger partial charge in [-0.05, 0) is 20.8 Å². The van der Waals surface area contributed by atoms with E-state index in [9.17, 15) is 21.6 Å². The summed E-state index contributed by atoms with van der Waals surface area (Å²) in [7, 11) is -7.26. The van der Waals surface area contributed by atoms with E-state index in [4.69, 9.17) is 8.92 Å². The largest absolute Gasteiger partial charge is 0.444 e. The molecule has 1 aliphatic rings. The van der Waals surface area contributed by atoms with Crippen molar-refractivity contribution in [3.63, 3.8) is 0 Å². The molecule has 0 saturated carbocycles. The van der Waals surface area contributed by atoms with Crippen molar-refractivity contribution in [1.29, 1.82) is 0 Å². The van der Waals surface area contributed by atoms with Crippen LogP contribution in [-0.4, -0.2) is 82.5 Å². The molecule has 1 unspecified atom stereocenters. The highest BCUT2D eigenvalue weighted by Crippen LogP contribution is 2.17. The Bertz CT molecular complexity index is 637. The summed E-state index contributed by atoms with van der Waals surface area (Å²) in [6, 6.07) is -0.791. The number of piperazine rings is 1. The Hall–Kier alpha value is -0.910. The van der Waals surface area contributed by atoms with E-state index in [2.05, 4.69) is 0 Å². The van der Waals surface area contributed by atoms with Gasteiger partial charge < -0.3 is 9.64 Å². The van der Waals surface area contributed by atoms with Crippen LogP contribution in [-0.2, 0) is 29.1 Å². The summed E-state index contributed by atoms with van der Waals surface area (Å²) in [6.45, 7) is 5.03. The van der Waals surface area contributed by atoms with Crippen LogP contribution in [0.15, 0.2) is 0 Å². The summed E-state index contributed by atoms with van der Waals surface area (Å²) >= 11 is 0. The third-order valence-electron chi connectivity index (χ3n) is 2.98. The minimum Gasteiger partial charge on any atom is -0.444 e. The number of sulfonamides is 1. The van der Waals surface area contributed by atoms with Crippen LogP contribution < -0.4 is 0 Å². The average Bonchev–Trinajstić information content (AvgIpc) is 2.31. The van der Waals surface area contributed by atoms with E-state index in [1.165, 1.54) is 4.90 Å². The molecule has 1 heterocycles. The van der Waals surface area contributed by atoms with E-state index in [0.717, 1.165) is 16.8 Å². The summed E-state index contributed by atoms with van der Waals surface area (Å²) in [4.78, 5) is 13.4. The highest BCUT2D eigenvalue weighted by atomic mass is 32.2. The zero-order valence-electron chi connectivity index (χ0n) is 14.0. The normalized spacial score (nSPS) is 21.3. The molecule has 0 radical (unpaired) electrons. The molecule has 1 aliphatic heterocycles. The van der Waals surface area contributed by atoms with E-state index in [0.29, 0.717) is 0 Å². The van der Waals surface area contributed by atoms with Gasteiger partial charge in [0, 0.05) is 19.6 Å². The zero-order valence-corrected chi connectivity index (χ0v) is 15.6. The summed E-state index contributed by atoms with van der Waals surface area (Å²) in [5.41, 5.74) is -0.677. The third kappa shape index (κ3) is 7.02. The van der Waals surface area contributed by atoms with Gasteiger partial charge in [-0.3, -0.25) is 4.18 Å². The van der Waals surface area contributed by atoms with Crippen LogP contribution in [0.1, 0.15) is 20.8 Å². The Morgan fingerprint density at radius 1 is 1.13 bits per heavy atom. The quantitative estimate of drug-likeness (QED) is 0.631. The fraction of sp³-hybridized carbons (Fsp3) is 0.917. The first-order valence-corrected chi connectivity index (χ1v) is 10.6. The molecular weight excluding hydrogens is 348 g/mol. The second kappa shape index (κ2) is 6.91. The van der Waals surface area contributed by atoms with Gasteiger partial charge in [0.15, 0.2) is 0 Å². The number of rotatable bonds is 4. The van der Waals surface area contributed by atoms with Gasteiger partial charge in [-0.25, -0.2) is 13.2 Å². The van der Waals surface area contributed by atoms with Crippen molar-refractivity contribution in [1.82, 2.24) is 9.21 Å². The lowest BCUT2D eigenvalue weighted by molar-refractivity contribution is 0.0102. The number of hydrogen-bond donors (Lipinski definition) is 0. The lowest BCUT2D eigenvalue weighted by atomic mass is 10.2. The van der Waals surface area contributed by atoms with Crippen LogP contribution in [0.3, 0.4) is 0 Å². The Balaban J connectivity index is 2.87. The molecule has 23 heavy (non-hydrogen) atoms. The van der Waals surface area contributed by atoms with Gasteiger partial charge in [-0.1, -0.05) is 0 Å². The standard InChI is InChI=1S/C12H24N2O7S2/c1-12(2,3)21-11(15)13-6-7-14(22(4,16)17)10(8-13)9-20-23(5,18)19/h10H,6-9H2,1-5H3. The van der Waals surface area contributed by atoms with Crippen LogP contribution >= 0.6 is 0 Å². The zero-order chi connectivity index (χ0) is 18.1. The van der Waals surface area contributed by atoms with Gasteiger partial charge in [0.1, 0.15) is 5.60 Å². The Morgan fingerprint density at radius 3 is 2.13 bits per heavy atom. The van der Waals surface area contributed by atoms with Crippen molar-refractivity contribution in [2.75, 3.05) is 38.8 Å². The van der Waals surface area contributed by atoms with Gasteiger partial charge in [0.2, 0.25) is 10.0 Å². The molecule has 1 fully saturated rings. The maximum Gasteiger partial charge on any atom is 0.410 e. The number of carbonyl (C=O) groups excluding carboxylic acids is 1. The topological polar surface area (TPSA) is 110 Å². The second-order valence-corrected chi connectivity index (χ2v) is 10.0. The lowest BCUT2D eigenvalue weighted by Gasteiger charge is -2.39. The Kier molecular flexibility index (Phi) is 6.05. The molecule has 1 amide bonds. The molecule has 0 aliphatic carbocycles. The van der Waals surface area contributed by atoms with Crippen LogP contribution in [0.5, 0.6) is 0 Å². The molecule has 136 valence electrons. The molecule has 1 rings (SSSR count). The van der Waals surface area contributed by atoms with Crippen molar-refractivity contribution in [3.8, 4) is 0 Å². The number of hydrogen-bond acceptors (Lipinski definition) is 7. The van der Waals surface area contributed by atoms with Crippen LogP contribution in [0.4, 0.5) is 4.79 Å². The van der Waals surface area contributed by atoms with Crippen molar-refractivity contribution < 1.29 is 30.6 Å². The maximum absolute atomic E-state index is 12.1. The summed E-state index contributed by atoms with van der Waals surface area (Å²) in [6.07, 6.45) is 1.34. The molecule has 0 aromatic heterocycles. The van der Waals surface area contributed by atoms with Gasteiger partial charge in [-0.2, -0.15) is 12.7 Å². The smallest absolute Gasteiger partial charge is 0.410 e. The van der Waals surface area contributed by atoms with Crippen molar-refractivity contribution in [3.05, 3.63) is 0 Å². The lowest BCUT2D eigenvalue weighted by Crippen LogP contribution is -2.58. The Labute approximate surface area is 137 Å². The summed E-state index contributed by atoms with van der Waals surface area (Å²) in [5, 5.41) is 0. The predicted molar refractivity (Wildman–Crippen MR) is 83.9 cm³/mol. The first kappa shape index (κ1) is 20.1. The predicted octanol–water partition coefficient (Wildman–Crippen LogP) is -0.156. The fourth-order valence-corrected chi connectivity index (χ4v) is 3.59. The van der Waals surface area contributed by atoms with E-state index in [1.54, 1.807) is 20.8 Å². The van der Waals surface area contributed by atoms with Crippen LogP contribution in [0, 0.1) is 0 Å². The average molecular weight is 372 g/mol. The number of amides is 1. The highest BCUT2D eigenvalue weighted by molar-refractivity contribution is 7.88. The molecule has 1 atom stereocenters. The second-order valence-electron chi connectivity index (χ2n) is 6.44. The van der Waals surface area contributed by atoms with Gasteiger partial charge >= 0.3 is 6.09 Å².